The molecule has 1 aromatic carbocycles. The van der Waals surface area contributed by atoms with E-state index in [0.29, 0.717) is 22.4 Å². The molecule has 1 N–H and O–H groups in total. The molecule has 0 spiro atoms. The molecule has 0 fully saturated rings. The van der Waals surface area contributed by atoms with Gasteiger partial charge in [0, 0.05) is 18.8 Å². The number of nitrogens with zero attached hydrogens (tertiary/aromatic N) is 1. The van der Waals surface area contributed by atoms with Gasteiger partial charge in [0.1, 0.15) is 6.54 Å². The fraction of sp³-hybridized carbons (Fsp3) is 0.333. The van der Waals surface area contributed by atoms with Gasteiger partial charge in [0.2, 0.25) is 5.91 Å². The second-order valence-electron chi connectivity index (χ2n) is 5.85. The van der Waals surface area contributed by atoms with Gasteiger partial charge < -0.3 is 19.4 Å². The molecule has 0 aliphatic rings. The fourth-order valence-corrected chi connectivity index (χ4v) is 2.44. The molecule has 1 heterocycles. The summed E-state index contributed by atoms with van der Waals surface area (Å²) in [5.74, 6) is -0.729. The molecule has 0 aliphatic heterocycles. The van der Waals surface area contributed by atoms with E-state index in [1.165, 1.54) is 19.2 Å². The van der Waals surface area contributed by atoms with Crippen LogP contribution in [0.2, 0.25) is 0 Å². The fourth-order valence-electron chi connectivity index (χ4n) is 2.44. The van der Waals surface area contributed by atoms with Crippen LogP contribution in [0, 0.1) is 0 Å². The third-order valence-corrected chi connectivity index (χ3v) is 3.80. The first kappa shape index (κ1) is 22.2. The first-order valence-electron chi connectivity index (χ1n) is 8.26. The van der Waals surface area contributed by atoms with E-state index in [9.17, 15) is 31.5 Å². The van der Waals surface area contributed by atoms with Crippen LogP contribution in [0.25, 0.3) is 0 Å². The number of pyridine rings is 1. The number of carbonyl (C=O) groups is 1. The minimum atomic E-state index is -4.64. The molecule has 2 rings (SSSR count). The van der Waals surface area contributed by atoms with Crippen molar-refractivity contribution >= 4 is 5.91 Å². The molecular weight excluding hydrogens is 403 g/mol. The molecule has 2 aromatic rings. The van der Waals surface area contributed by atoms with Gasteiger partial charge in [-0.1, -0.05) is 6.07 Å². The van der Waals surface area contributed by atoms with E-state index in [4.69, 9.17) is 4.74 Å². The number of hydrogen-bond acceptors (Lipinski definition) is 4. The van der Waals surface area contributed by atoms with Gasteiger partial charge in [0.05, 0.1) is 12.7 Å². The number of rotatable bonds is 8. The summed E-state index contributed by atoms with van der Waals surface area (Å²) in [5, 5.41) is 2.45. The SMILES string of the molecule is COc1ccc(CCNC(=O)Cn2cc(C(F)(F)F)ccc2=O)cc1OC(F)F. The molecule has 6 nitrogen and oxygen atoms in total. The zero-order chi connectivity index (χ0) is 21.6. The highest BCUT2D eigenvalue weighted by atomic mass is 19.4. The lowest BCUT2D eigenvalue weighted by Crippen LogP contribution is -2.33. The summed E-state index contributed by atoms with van der Waals surface area (Å²) in [5.41, 5.74) is -1.25. The van der Waals surface area contributed by atoms with Gasteiger partial charge in [-0.05, 0) is 30.2 Å². The average molecular weight is 420 g/mol. The Kier molecular flexibility index (Phi) is 7.18. The standard InChI is InChI=1S/C18H17F5N2O4/c1-28-13-4-2-11(8-14(13)29-17(19)20)6-7-24-15(26)10-25-9-12(18(21,22)23)3-5-16(25)27/h2-5,8-9,17H,6-7,10H2,1H3,(H,24,26). The van der Waals surface area contributed by atoms with Crippen LogP contribution < -0.4 is 20.3 Å². The van der Waals surface area contributed by atoms with Crippen LogP contribution in [0.5, 0.6) is 11.5 Å². The minimum absolute atomic E-state index is 0.0625. The lowest BCUT2D eigenvalue weighted by molar-refractivity contribution is -0.138. The Morgan fingerprint density at radius 1 is 1.17 bits per heavy atom. The Morgan fingerprint density at radius 2 is 1.90 bits per heavy atom. The van der Waals surface area contributed by atoms with E-state index in [1.54, 1.807) is 6.07 Å². The second kappa shape index (κ2) is 9.39. The first-order valence-corrected chi connectivity index (χ1v) is 8.26. The largest absolute Gasteiger partial charge is 0.493 e. The van der Waals surface area contributed by atoms with Crippen molar-refractivity contribution in [1.29, 1.82) is 0 Å². The van der Waals surface area contributed by atoms with Crippen molar-refractivity contribution in [2.24, 2.45) is 0 Å². The lowest BCUT2D eigenvalue weighted by atomic mass is 10.1. The van der Waals surface area contributed by atoms with Crippen molar-refractivity contribution in [3.05, 3.63) is 58.0 Å². The Bertz CT molecular complexity index is 912. The van der Waals surface area contributed by atoms with Crippen LogP contribution in [0.15, 0.2) is 41.3 Å². The number of amides is 1. The third kappa shape index (κ3) is 6.47. The predicted octanol–water partition coefficient (Wildman–Crippen LogP) is 2.84. The zero-order valence-corrected chi connectivity index (χ0v) is 15.1. The van der Waals surface area contributed by atoms with Crippen molar-refractivity contribution in [2.45, 2.75) is 25.8 Å². The van der Waals surface area contributed by atoms with Gasteiger partial charge in [-0.25, -0.2) is 0 Å². The topological polar surface area (TPSA) is 69.6 Å². The highest BCUT2D eigenvalue weighted by Gasteiger charge is 2.31. The van der Waals surface area contributed by atoms with Crippen LogP contribution in [0.1, 0.15) is 11.1 Å². The number of alkyl halides is 5. The Morgan fingerprint density at radius 3 is 2.52 bits per heavy atom. The van der Waals surface area contributed by atoms with Crippen LogP contribution in [0.3, 0.4) is 0 Å². The molecule has 11 heteroatoms. The summed E-state index contributed by atoms with van der Waals surface area (Å²) in [6, 6.07) is 5.71. The van der Waals surface area contributed by atoms with Gasteiger partial charge >= 0.3 is 12.8 Å². The lowest BCUT2D eigenvalue weighted by Gasteiger charge is -2.12. The van der Waals surface area contributed by atoms with E-state index in [2.05, 4.69) is 10.1 Å². The summed E-state index contributed by atoms with van der Waals surface area (Å²) in [6.45, 7) is -3.57. The number of hydrogen-bond donors (Lipinski definition) is 1. The van der Waals surface area contributed by atoms with Crippen LogP contribution >= 0.6 is 0 Å². The van der Waals surface area contributed by atoms with E-state index in [1.807, 2.05) is 0 Å². The molecular formula is C18H17F5N2O4. The van der Waals surface area contributed by atoms with Gasteiger partial charge in [0.25, 0.3) is 5.56 Å². The van der Waals surface area contributed by atoms with E-state index in [-0.39, 0.29) is 24.5 Å². The highest BCUT2D eigenvalue weighted by Crippen LogP contribution is 2.30. The maximum atomic E-state index is 12.7. The molecule has 0 aliphatic carbocycles. The molecule has 1 amide bonds. The molecule has 0 bridgehead atoms. The number of methoxy groups -OCH3 is 1. The van der Waals surface area contributed by atoms with Crippen LogP contribution in [-0.2, 0) is 23.9 Å². The Balaban J connectivity index is 1.96. The number of benzene rings is 1. The summed E-state index contributed by atoms with van der Waals surface area (Å²) >= 11 is 0. The summed E-state index contributed by atoms with van der Waals surface area (Å²) in [4.78, 5) is 23.6. The number of aromatic nitrogens is 1. The van der Waals surface area contributed by atoms with Crippen molar-refractivity contribution in [3.63, 3.8) is 0 Å². The normalized spacial score (nSPS) is 11.4. The van der Waals surface area contributed by atoms with E-state index < -0.39 is 36.4 Å². The molecule has 0 atom stereocenters. The van der Waals surface area contributed by atoms with Crippen LogP contribution in [0.4, 0.5) is 22.0 Å². The quantitative estimate of drug-likeness (QED) is 0.667. The Hall–Kier alpha value is -3.11. The predicted molar refractivity (Wildman–Crippen MR) is 92.0 cm³/mol. The van der Waals surface area contributed by atoms with Gasteiger partial charge in [0.15, 0.2) is 11.5 Å². The monoisotopic (exact) mass is 420 g/mol. The van der Waals surface area contributed by atoms with E-state index in [0.717, 1.165) is 6.07 Å². The maximum Gasteiger partial charge on any atom is 0.417 e. The van der Waals surface area contributed by atoms with Crippen molar-refractivity contribution in [1.82, 2.24) is 9.88 Å². The summed E-state index contributed by atoms with van der Waals surface area (Å²) in [6.07, 6.45) is -3.84. The second-order valence-corrected chi connectivity index (χ2v) is 5.85. The highest BCUT2D eigenvalue weighted by molar-refractivity contribution is 5.75. The number of halogens is 5. The molecule has 0 unspecified atom stereocenters. The molecule has 1 aromatic heterocycles. The number of nitrogens with one attached hydrogen (secondary N) is 1. The molecule has 29 heavy (non-hydrogen) atoms. The van der Waals surface area contributed by atoms with Crippen molar-refractivity contribution < 1.29 is 36.2 Å². The third-order valence-electron chi connectivity index (χ3n) is 3.80. The number of ether oxygens (including phenoxy) is 2. The zero-order valence-electron chi connectivity index (χ0n) is 15.1. The van der Waals surface area contributed by atoms with Crippen LogP contribution in [-0.4, -0.2) is 30.7 Å². The molecule has 0 saturated heterocycles. The van der Waals surface area contributed by atoms with Crippen molar-refractivity contribution in [3.8, 4) is 11.5 Å². The molecule has 0 radical (unpaired) electrons. The summed E-state index contributed by atoms with van der Waals surface area (Å²) < 4.78 is 72.9. The van der Waals surface area contributed by atoms with Gasteiger partial charge in [-0.2, -0.15) is 22.0 Å². The minimum Gasteiger partial charge on any atom is -0.493 e. The smallest absolute Gasteiger partial charge is 0.417 e. The first-order chi connectivity index (χ1) is 13.6. The van der Waals surface area contributed by atoms with Gasteiger partial charge in [-0.3, -0.25) is 9.59 Å². The average Bonchev–Trinajstić information content (AvgIpc) is 2.62. The Labute approximate surface area is 161 Å². The van der Waals surface area contributed by atoms with Gasteiger partial charge in [-0.15, -0.1) is 0 Å². The maximum absolute atomic E-state index is 12.7. The molecule has 158 valence electrons. The number of carbonyl (C=O) groups excluding carboxylic acids is 1. The van der Waals surface area contributed by atoms with Crippen molar-refractivity contribution in [2.75, 3.05) is 13.7 Å². The summed E-state index contributed by atoms with van der Waals surface area (Å²) in [7, 11) is 1.29. The van der Waals surface area contributed by atoms with E-state index >= 15 is 0 Å². The molecule has 0 saturated carbocycles.